The Morgan fingerprint density at radius 2 is 1.72 bits per heavy atom. The van der Waals surface area contributed by atoms with Crippen LogP contribution in [0, 0.1) is 0 Å². The summed E-state index contributed by atoms with van der Waals surface area (Å²) >= 11 is 0. The Hall–Kier alpha value is -2.58. The van der Waals surface area contributed by atoms with Crippen molar-refractivity contribution in [3.05, 3.63) is 59.7 Å². The van der Waals surface area contributed by atoms with E-state index in [1.165, 1.54) is 29.1 Å². The van der Waals surface area contributed by atoms with Crippen molar-refractivity contribution in [2.75, 3.05) is 29.7 Å². The molecule has 0 aromatic heterocycles. The zero-order valence-corrected chi connectivity index (χ0v) is 19.3. The van der Waals surface area contributed by atoms with Gasteiger partial charge in [-0.15, -0.1) is 0 Å². The Kier molecular flexibility index (Phi) is 7.01. The topological polar surface area (TPSA) is 79.0 Å². The first kappa shape index (κ1) is 22.6. The van der Waals surface area contributed by atoms with E-state index in [2.05, 4.69) is 16.3 Å². The smallest absolute Gasteiger partial charge is 0.263 e. The number of amides is 1. The number of anilines is 1. The number of likely N-dealkylation sites (tertiary alicyclic amines) is 1. The van der Waals surface area contributed by atoms with Gasteiger partial charge in [-0.25, -0.2) is 8.42 Å². The van der Waals surface area contributed by atoms with Gasteiger partial charge in [0.25, 0.3) is 5.91 Å². The number of rotatable bonds is 7. The van der Waals surface area contributed by atoms with E-state index in [-0.39, 0.29) is 18.2 Å². The number of benzene rings is 2. The van der Waals surface area contributed by atoms with E-state index < -0.39 is 16.1 Å². The number of nitrogens with one attached hydrogen (secondary N) is 1. The van der Waals surface area contributed by atoms with E-state index in [1.807, 2.05) is 18.2 Å². The highest BCUT2D eigenvalue weighted by Crippen LogP contribution is 2.35. The normalized spacial score (nSPS) is 19.2. The molecule has 172 valence electrons. The van der Waals surface area contributed by atoms with Gasteiger partial charge in [0.1, 0.15) is 5.75 Å². The summed E-state index contributed by atoms with van der Waals surface area (Å²) in [5, 5.41) is 2.96. The Morgan fingerprint density at radius 1 is 1.03 bits per heavy atom. The molecule has 1 N–H and O–H groups in total. The molecule has 2 aliphatic heterocycles. The molecule has 2 aromatic carbocycles. The predicted molar refractivity (Wildman–Crippen MR) is 125 cm³/mol. The maximum atomic E-state index is 13.0. The molecule has 1 amide bonds. The van der Waals surface area contributed by atoms with Crippen LogP contribution in [0.4, 0.5) is 5.69 Å². The fourth-order valence-electron chi connectivity index (χ4n) is 4.30. The fourth-order valence-corrected chi connectivity index (χ4v) is 5.42. The second-order valence-electron chi connectivity index (χ2n) is 8.33. The average molecular weight is 458 g/mol. The monoisotopic (exact) mass is 457 g/mol. The van der Waals surface area contributed by atoms with Crippen molar-refractivity contribution in [1.82, 2.24) is 10.2 Å². The average Bonchev–Trinajstić information content (AvgIpc) is 2.83. The van der Waals surface area contributed by atoms with Crippen molar-refractivity contribution in [3.63, 3.8) is 0 Å². The molecule has 4 rings (SSSR count). The van der Waals surface area contributed by atoms with Gasteiger partial charge >= 0.3 is 0 Å². The van der Waals surface area contributed by atoms with Crippen LogP contribution < -0.4 is 14.4 Å². The van der Waals surface area contributed by atoms with Gasteiger partial charge in [-0.3, -0.25) is 14.0 Å². The minimum atomic E-state index is -3.52. The molecule has 0 bridgehead atoms. The minimum Gasteiger partial charge on any atom is -0.476 e. The number of hydrogen-bond donors (Lipinski definition) is 1. The summed E-state index contributed by atoms with van der Waals surface area (Å²) in [5.41, 5.74) is 2.76. The zero-order valence-electron chi connectivity index (χ0n) is 18.5. The van der Waals surface area contributed by atoms with Crippen molar-refractivity contribution in [2.24, 2.45) is 0 Å². The first-order valence-corrected chi connectivity index (χ1v) is 12.9. The third-order valence-corrected chi connectivity index (χ3v) is 7.89. The van der Waals surface area contributed by atoms with Gasteiger partial charge in [0, 0.05) is 13.1 Å². The molecule has 7 nitrogen and oxygen atoms in total. The molecule has 1 fully saturated rings. The highest BCUT2D eigenvalue weighted by molar-refractivity contribution is 7.92. The number of fused-ring (bicyclic) bond motifs is 1. The van der Waals surface area contributed by atoms with Crippen LogP contribution in [0.5, 0.6) is 5.75 Å². The highest BCUT2D eigenvalue weighted by atomic mass is 32.2. The van der Waals surface area contributed by atoms with Crippen molar-refractivity contribution >= 4 is 21.6 Å². The van der Waals surface area contributed by atoms with Crippen LogP contribution in [0.25, 0.3) is 0 Å². The van der Waals surface area contributed by atoms with Gasteiger partial charge in [0.2, 0.25) is 10.0 Å². The maximum Gasteiger partial charge on any atom is 0.263 e. The number of piperidine rings is 1. The molecule has 0 radical (unpaired) electrons. The third-order valence-electron chi connectivity index (χ3n) is 6.14. The molecule has 1 atom stereocenters. The van der Waals surface area contributed by atoms with E-state index >= 15 is 0 Å². The van der Waals surface area contributed by atoms with Gasteiger partial charge in [0.15, 0.2) is 6.10 Å². The van der Waals surface area contributed by atoms with Crippen LogP contribution in [-0.4, -0.2) is 50.7 Å². The Balaban J connectivity index is 1.45. The number of hydrogen-bond acceptors (Lipinski definition) is 5. The summed E-state index contributed by atoms with van der Waals surface area (Å²) in [6.07, 6.45) is 2.86. The number of para-hydroxylation sites is 2. The van der Waals surface area contributed by atoms with Crippen molar-refractivity contribution in [3.8, 4) is 5.75 Å². The molecule has 0 aliphatic carbocycles. The lowest BCUT2D eigenvalue weighted by Gasteiger charge is -2.34. The standard InChI is InChI=1S/C24H31N3O4S/c1-2-32(29,30)27-18-23(31-22-13-7-6-12-21(22)27)24(28)25-16-19-10-4-5-11-20(19)17-26-14-8-3-9-15-26/h4-7,10-13,23H,2-3,8-9,14-18H2,1H3,(H,25,28)/t23-/m1/s1. The first-order chi connectivity index (χ1) is 15.5. The quantitative estimate of drug-likeness (QED) is 0.692. The third kappa shape index (κ3) is 5.07. The zero-order chi connectivity index (χ0) is 22.6. The van der Waals surface area contributed by atoms with Crippen molar-refractivity contribution in [1.29, 1.82) is 0 Å². The van der Waals surface area contributed by atoms with Gasteiger partial charge < -0.3 is 10.1 Å². The Bertz CT molecular complexity index is 1050. The summed E-state index contributed by atoms with van der Waals surface area (Å²) in [5.74, 6) is 0.0459. The van der Waals surface area contributed by atoms with Crippen LogP contribution in [0.2, 0.25) is 0 Å². The second-order valence-corrected chi connectivity index (χ2v) is 10.5. The molecule has 0 unspecified atom stereocenters. The van der Waals surface area contributed by atoms with E-state index in [0.717, 1.165) is 25.2 Å². The largest absolute Gasteiger partial charge is 0.476 e. The van der Waals surface area contributed by atoms with Crippen molar-refractivity contribution < 1.29 is 17.9 Å². The summed E-state index contributed by atoms with van der Waals surface area (Å²) < 4.78 is 32.4. The van der Waals surface area contributed by atoms with Gasteiger partial charge in [0.05, 0.1) is 18.0 Å². The molecule has 2 aromatic rings. The lowest BCUT2D eigenvalue weighted by atomic mass is 10.0. The summed E-state index contributed by atoms with van der Waals surface area (Å²) in [7, 11) is -3.52. The lowest BCUT2D eigenvalue weighted by molar-refractivity contribution is -0.127. The van der Waals surface area contributed by atoms with Crippen LogP contribution in [0.1, 0.15) is 37.3 Å². The molecule has 1 saturated heterocycles. The van der Waals surface area contributed by atoms with E-state index in [1.54, 1.807) is 31.2 Å². The number of sulfonamides is 1. The molecule has 2 heterocycles. The van der Waals surface area contributed by atoms with Crippen LogP contribution >= 0.6 is 0 Å². The number of nitrogens with zero attached hydrogens (tertiary/aromatic N) is 2. The molecule has 8 heteroatoms. The second kappa shape index (κ2) is 9.92. The van der Waals surface area contributed by atoms with Crippen LogP contribution in [0.3, 0.4) is 0 Å². The summed E-state index contributed by atoms with van der Waals surface area (Å²) in [4.78, 5) is 15.4. The molecule has 0 spiro atoms. The Morgan fingerprint density at radius 3 is 2.47 bits per heavy atom. The summed E-state index contributed by atoms with van der Waals surface area (Å²) in [6, 6.07) is 15.1. The van der Waals surface area contributed by atoms with Gasteiger partial charge in [-0.05, 0) is 56.1 Å². The van der Waals surface area contributed by atoms with Gasteiger partial charge in [-0.2, -0.15) is 0 Å². The lowest BCUT2D eigenvalue weighted by Crippen LogP contribution is -2.50. The van der Waals surface area contributed by atoms with Gasteiger partial charge in [-0.1, -0.05) is 42.8 Å². The highest BCUT2D eigenvalue weighted by Gasteiger charge is 2.35. The maximum absolute atomic E-state index is 13.0. The molecule has 2 aliphatic rings. The predicted octanol–water partition coefficient (Wildman–Crippen LogP) is 2.91. The van der Waals surface area contributed by atoms with Crippen LogP contribution in [-0.2, 0) is 27.9 Å². The fraction of sp³-hybridized carbons (Fsp3) is 0.458. The SMILES string of the molecule is CCS(=O)(=O)N1C[C@H](C(=O)NCc2ccccc2CN2CCCCC2)Oc2ccccc21. The summed E-state index contributed by atoms with van der Waals surface area (Å²) in [6.45, 7) is 5.04. The Labute approximate surface area is 190 Å². The van der Waals surface area contributed by atoms with Crippen LogP contribution in [0.15, 0.2) is 48.5 Å². The number of carbonyl (C=O) groups is 1. The van der Waals surface area contributed by atoms with E-state index in [9.17, 15) is 13.2 Å². The number of carbonyl (C=O) groups excluding carboxylic acids is 1. The first-order valence-electron chi connectivity index (χ1n) is 11.3. The van der Waals surface area contributed by atoms with E-state index in [0.29, 0.717) is 18.0 Å². The molecular formula is C24H31N3O4S. The number of ether oxygens (including phenoxy) is 1. The molecule has 32 heavy (non-hydrogen) atoms. The minimum absolute atomic E-state index is 0.0333. The van der Waals surface area contributed by atoms with E-state index in [4.69, 9.17) is 4.74 Å². The molecule has 0 saturated carbocycles. The van der Waals surface area contributed by atoms with Crippen molar-refractivity contribution in [2.45, 2.75) is 45.4 Å². The molecular weight excluding hydrogens is 426 g/mol.